The van der Waals surface area contributed by atoms with Gasteiger partial charge in [-0.25, -0.2) is 4.39 Å². The average Bonchev–Trinajstić information content (AvgIpc) is 3.30. The quantitative estimate of drug-likeness (QED) is 0.406. The second-order valence-corrected chi connectivity index (χ2v) is 7.25. The molecule has 0 saturated heterocycles. The Morgan fingerprint density at radius 1 is 0.812 bits per heavy atom. The lowest BCUT2D eigenvalue weighted by Gasteiger charge is -2.16. The first-order valence-corrected chi connectivity index (χ1v) is 10.1. The van der Waals surface area contributed by atoms with E-state index >= 15 is 0 Å². The minimum absolute atomic E-state index is 0.0103. The highest BCUT2D eigenvalue weighted by Gasteiger charge is 2.19. The monoisotopic (exact) mass is 428 g/mol. The number of benzene rings is 3. The van der Waals surface area contributed by atoms with Gasteiger partial charge in [0.15, 0.2) is 5.76 Å². The van der Waals surface area contributed by atoms with Crippen LogP contribution in [-0.2, 0) is 0 Å². The molecule has 4 aromatic rings. The van der Waals surface area contributed by atoms with Gasteiger partial charge in [-0.1, -0.05) is 54.6 Å². The molecule has 160 valence electrons. The molecule has 2 amide bonds. The number of carbonyl (C=O) groups excluding carboxylic acids is 2. The Morgan fingerprint density at radius 2 is 1.50 bits per heavy atom. The van der Waals surface area contributed by atoms with Crippen LogP contribution in [0.3, 0.4) is 0 Å². The van der Waals surface area contributed by atoms with Crippen molar-refractivity contribution in [3.8, 4) is 11.3 Å². The summed E-state index contributed by atoms with van der Waals surface area (Å²) >= 11 is 0. The van der Waals surface area contributed by atoms with Crippen molar-refractivity contribution in [3.63, 3.8) is 0 Å². The summed E-state index contributed by atoms with van der Waals surface area (Å²) in [5, 5.41) is 5.66. The van der Waals surface area contributed by atoms with E-state index in [1.54, 1.807) is 42.5 Å². The number of nitrogens with one attached hydrogen (secondary N) is 2. The van der Waals surface area contributed by atoms with Crippen molar-refractivity contribution in [2.24, 2.45) is 0 Å². The summed E-state index contributed by atoms with van der Waals surface area (Å²) < 4.78 is 19.6. The number of hydrogen-bond acceptors (Lipinski definition) is 3. The zero-order valence-electron chi connectivity index (χ0n) is 17.3. The molecule has 1 atom stereocenters. The zero-order chi connectivity index (χ0) is 22.5. The molecular weight excluding hydrogens is 407 g/mol. The van der Waals surface area contributed by atoms with Crippen LogP contribution in [0.1, 0.15) is 39.4 Å². The smallest absolute Gasteiger partial charge is 0.291 e. The van der Waals surface area contributed by atoms with Gasteiger partial charge in [-0.05, 0) is 48.9 Å². The first-order valence-electron chi connectivity index (χ1n) is 10.1. The van der Waals surface area contributed by atoms with Gasteiger partial charge in [-0.2, -0.15) is 0 Å². The van der Waals surface area contributed by atoms with Gasteiger partial charge in [0.05, 0.1) is 22.9 Å². The highest BCUT2D eigenvalue weighted by Crippen LogP contribution is 2.26. The minimum atomic E-state index is -0.538. The lowest BCUT2D eigenvalue weighted by molar-refractivity contribution is 0.0940. The maximum Gasteiger partial charge on any atom is 0.291 e. The standard InChI is InChI=1S/C26H21FN2O3/c1-17(18-9-3-2-4-10-18)28-25(30)20-12-6-8-14-22(20)29-26(31)24-16-15-23(32-24)19-11-5-7-13-21(19)27/h2-17H,1H3,(H,28,30)(H,29,31). The molecule has 0 bridgehead atoms. The molecule has 1 aromatic heterocycles. The van der Waals surface area contributed by atoms with E-state index in [-0.39, 0.29) is 29.0 Å². The summed E-state index contributed by atoms with van der Waals surface area (Å²) in [7, 11) is 0. The maximum atomic E-state index is 14.0. The van der Waals surface area contributed by atoms with Crippen molar-refractivity contribution in [1.82, 2.24) is 5.32 Å². The third kappa shape index (κ3) is 4.59. The number of furan rings is 1. The van der Waals surface area contributed by atoms with Gasteiger partial charge >= 0.3 is 0 Å². The van der Waals surface area contributed by atoms with E-state index in [4.69, 9.17) is 4.42 Å². The molecule has 4 rings (SSSR count). The van der Waals surface area contributed by atoms with Gasteiger partial charge in [0.2, 0.25) is 0 Å². The first kappa shape index (κ1) is 21.1. The number of halogens is 1. The number of anilines is 1. The summed E-state index contributed by atoms with van der Waals surface area (Å²) in [4.78, 5) is 25.6. The normalized spacial score (nSPS) is 11.6. The molecule has 2 N–H and O–H groups in total. The van der Waals surface area contributed by atoms with Crippen molar-refractivity contribution in [2.75, 3.05) is 5.32 Å². The van der Waals surface area contributed by atoms with Crippen LogP contribution in [-0.4, -0.2) is 11.8 Å². The fraction of sp³-hybridized carbons (Fsp3) is 0.0769. The lowest BCUT2D eigenvalue weighted by Crippen LogP contribution is -2.28. The largest absolute Gasteiger partial charge is 0.451 e. The van der Waals surface area contributed by atoms with Crippen molar-refractivity contribution < 1.29 is 18.4 Å². The third-order valence-electron chi connectivity index (χ3n) is 5.04. The Morgan fingerprint density at radius 3 is 2.28 bits per heavy atom. The van der Waals surface area contributed by atoms with Gasteiger partial charge in [0, 0.05) is 0 Å². The van der Waals surface area contributed by atoms with Gasteiger partial charge in [0.25, 0.3) is 11.8 Å². The summed E-state index contributed by atoms with van der Waals surface area (Å²) in [5.74, 6) is -1.04. The van der Waals surface area contributed by atoms with Crippen LogP contribution in [0, 0.1) is 5.82 Å². The molecule has 0 radical (unpaired) electrons. The second-order valence-electron chi connectivity index (χ2n) is 7.25. The molecule has 1 heterocycles. The van der Waals surface area contributed by atoms with E-state index in [9.17, 15) is 14.0 Å². The molecule has 0 saturated carbocycles. The fourth-order valence-corrected chi connectivity index (χ4v) is 3.34. The molecule has 0 spiro atoms. The van der Waals surface area contributed by atoms with Gasteiger partial charge in [-0.3, -0.25) is 9.59 Å². The van der Waals surface area contributed by atoms with Crippen molar-refractivity contribution >= 4 is 17.5 Å². The summed E-state index contributed by atoms with van der Waals surface area (Å²) in [6, 6.07) is 25.3. The van der Waals surface area contributed by atoms with Gasteiger partial charge in [0.1, 0.15) is 11.6 Å². The van der Waals surface area contributed by atoms with Crippen LogP contribution in [0.5, 0.6) is 0 Å². The molecule has 0 aliphatic carbocycles. The number of amides is 2. The molecule has 0 aliphatic heterocycles. The second kappa shape index (κ2) is 9.31. The summed E-state index contributed by atoms with van der Waals surface area (Å²) in [6.07, 6.45) is 0. The first-order chi connectivity index (χ1) is 15.5. The molecule has 6 heteroatoms. The topological polar surface area (TPSA) is 71.3 Å². The van der Waals surface area contributed by atoms with Crippen molar-refractivity contribution in [2.45, 2.75) is 13.0 Å². The molecular formula is C26H21FN2O3. The molecule has 5 nitrogen and oxygen atoms in total. The van der Waals surface area contributed by atoms with E-state index in [1.807, 2.05) is 37.3 Å². The molecule has 1 unspecified atom stereocenters. The predicted molar refractivity (Wildman–Crippen MR) is 121 cm³/mol. The van der Waals surface area contributed by atoms with Crippen LogP contribution in [0.2, 0.25) is 0 Å². The Bertz CT molecular complexity index is 1250. The van der Waals surface area contributed by atoms with E-state index in [2.05, 4.69) is 10.6 Å². The van der Waals surface area contributed by atoms with Crippen LogP contribution in [0.15, 0.2) is 95.4 Å². The maximum absolute atomic E-state index is 14.0. The number of rotatable bonds is 6. The van der Waals surface area contributed by atoms with E-state index < -0.39 is 11.7 Å². The average molecular weight is 428 g/mol. The number of para-hydroxylation sites is 1. The predicted octanol–water partition coefficient (Wildman–Crippen LogP) is 5.83. The van der Waals surface area contributed by atoms with E-state index in [0.29, 0.717) is 11.3 Å². The summed E-state index contributed by atoms with van der Waals surface area (Å²) in [5.41, 5.74) is 1.91. The van der Waals surface area contributed by atoms with Crippen LogP contribution < -0.4 is 10.6 Å². The Hall–Kier alpha value is -4.19. The van der Waals surface area contributed by atoms with E-state index in [1.165, 1.54) is 18.2 Å². The highest BCUT2D eigenvalue weighted by atomic mass is 19.1. The molecule has 32 heavy (non-hydrogen) atoms. The Kier molecular flexibility index (Phi) is 6.12. The summed E-state index contributed by atoms with van der Waals surface area (Å²) in [6.45, 7) is 1.89. The fourth-order valence-electron chi connectivity index (χ4n) is 3.34. The SMILES string of the molecule is CC(NC(=O)c1ccccc1NC(=O)c1ccc(-c2ccccc2F)o1)c1ccccc1. The van der Waals surface area contributed by atoms with Crippen LogP contribution >= 0.6 is 0 Å². The lowest BCUT2D eigenvalue weighted by atomic mass is 10.1. The van der Waals surface area contributed by atoms with E-state index in [0.717, 1.165) is 5.56 Å². The third-order valence-corrected chi connectivity index (χ3v) is 5.04. The number of hydrogen-bond donors (Lipinski definition) is 2. The highest BCUT2D eigenvalue weighted by molar-refractivity contribution is 6.08. The Balaban J connectivity index is 1.50. The van der Waals surface area contributed by atoms with Gasteiger partial charge in [-0.15, -0.1) is 0 Å². The minimum Gasteiger partial charge on any atom is -0.451 e. The van der Waals surface area contributed by atoms with Crippen molar-refractivity contribution in [1.29, 1.82) is 0 Å². The Labute approximate surface area is 184 Å². The van der Waals surface area contributed by atoms with Gasteiger partial charge < -0.3 is 15.1 Å². The molecule has 0 aliphatic rings. The molecule has 3 aromatic carbocycles. The molecule has 0 fully saturated rings. The van der Waals surface area contributed by atoms with Crippen LogP contribution in [0.25, 0.3) is 11.3 Å². The van der Waals surface area contributed by atoms with Crippen LogP contribution in [0.4, 0.5) is 10.1 Å². The van der Waals surface area contributed by atoms with Crippen molar-refractivity contribution in [3.05, 3.63) is 114 Å². The zero-order valence-corrected chi connectivity index (χ0v) is 17.3. The number of carbonyl (C=O) groups is 2.